The first-order valence-corrected chi connectivity index (χ1v) is 7.05. The van der Waals surface area contributed by atoms with Gasteiger partial charge < -0.3 is 14.5 Å². The van der Waals surface area contributed by atoms with E-state index in [1.807, 2.05) is 13.1 Å². The summed E-state index contributed by atoms with van der Waals surface area (Å²) in [4.78, 5) is 0. The Labute approximate surface area is 121 Å². The molecule has 1 aromatic carbocycles. The van der Waals surface area contributed by atoms with Gasteiger partial charge in [0.05, 0.1) is 12.8 Å². The highest BCUT2D eigenvalue weighted by Crippen LogP contribution is 2.25. The van der Waals surface area contributed by atoms with Gasteiger partial charge in [-0.05, 0) is 43.1 Å². The van der Waals surface area contributed by atoms with Gasteiger partial charge in [-0.15, -0.1) is 0 Å². The molecule has 2 rings (SSSR count). The van der Waals surface area contributed by atoms with E-state index in [0.717, 1.165) is 29.2 Å². The number of aryl methyl sites for hydroxylation is 1. The van der Waals surface area contributed by atoms with E-state index >= 15 is 0 Å². The average molecular weight is 273 g/mol. The highest BCUT2D eigenvalue weighted by Gasteiger charge is 2.09. The van der Waals surface area contributed by atoms with Crippen molar-refractivity contribution in [3.8, 4) is 5.75 Å². The van der Waals surface area contributed by atoms with Gasteiger partial charge >= 0.3 is 0 Å². The van der Waals surface area contributed by atoms with Gasteiger partial charge in [0.2, 0.25) is 0 Å². The van der Waals surface area contributed by atoms with Crippen LogP contribution in [-0.4, -0.2) is 7.05 Å². The molecule has 0 unspecified atom stereocenters. The molecule has 3 heteroatoms. The number of rotatable bonds is 6. The molecule has 108 valence electrons. The molecule has 2 aromatic rings. The fourth-order valence-corrected chi connectivity index (χ4v) is 2.10. The number of nitrogens with one attached hydrogen (secondary N) is 1. The van der Waals surface area contributed by atoms with Crippen LogP contribution in [0.4, 0.5) is 0 Å². The number of benzene rings is 1. The normalized spacial score (nSPS) is 11.1. The van der Waals surface area contributed by atoms with Crippen LogP contribution in [-0.2, 0) is 13.2 Å². The molecule has 0 saturated heterocycles. The minimum absolute atomic E-state index is 0.506. The molecule has 0 saturated carbocycles. The molecule has 0 atom stereocenters. The van der Waals surface area contributed by atoms with Crippen molar-refractivity contribution in [1.29, 1.82) is 0 Å². The van der Waals surface area contributed by atoms with Crippen molar-refractivity contribution in [2.45, 2.75) is 39.8 Å². The monoisotopic (exact) mass is 273 g/mol. The first-order chi connectivity index (χ1) is 9.61. The molecule has 0 aliphatic rings. The second-order valence-electron chi connectivity index (χ2n) is 5.37. The summed E-state index contributed by atoms with van der Waals surface area (Å²) in [5.74, 6) is 2.39. The summed E-state index contributed by atoms with van der Waals surface area (Å²) in [5, 5.41) is 3.09. The maximum Gasteiger partial charge on any atom is 0.124 e. The van der Waals surface area contributed by atoms with Gasteiger partial charge in [-0.1, -0.05) is 26.0 Å². The second kappa shape index (κ2) is 6.62. The van der Waals surface area contributed by atoms with Crippen molar-refractivity contribution >= 4 is 0 Å². The third-order valence-electron chi connectivity index (χ3n) is 3.44. The molecule has 0 radical (unpaired) electrons. The van der Waals surface area contributed by atoms with E-state index in [-0.39, 0.29) is 0 Å². The van der Waals surface area contributed by atoms with Crippen LogP contribution in [0, 0.1) is 6.92 Å². The Morgan fingerprint density at radius 1 is 1.25 bits per heavy atom. The van der Waals surface area contributed by atoms with Crippen molar-refractivity contribution in [2.24, 2.45) is 0 Å². The molecule has 0 bridgehead atoms. The zero-order chi connectivity index (χ0) is 14.5. The lowest BCUT2D eigenvalue weighted by Crippen LogP contribution is -2.07. The molecule has 3 nitrogen and oxygen atoms in total. The second-order valence-corrected chi connectivity index (χ2v) is 5.37. The van der Waals surface area contributed by atoms with E-state index in [0.29, 0.717) is 12.5 Å². The van der Waals surface area contributed by atoms with E-state index in [9.17, 15) is 0 Å². The Hall–Kier alpha value is -1.74. The predicted octanol–water partition coefficient (Wildman–Crippen LogP) is 4.01. The Morgan fingerprint density at radius 2 is 2.05 bits per heavy atom. The van der Waals surface area contributed by atoms with E-state index in [1.165, 1.54) is 5.56 Å². The molecule has 0 amide bonds. The van der Waals surface area contributed by atoms with Gasteiger partial charge in [0.1, 0.15) is 18.1 Å². The number of hydrogen-bond acceptors (Lipinski definition) is 3. The van der Waals surface area contributed by atoms with E-state index in [1.54, 1.807) is 6.26 Å². The van der Waals surface area contributed by atoms with Gasteiger partial charge in [0, 0.05) is 5.56 Å². The maximum absolute atomic E-state index is 5.97. The van der Waals surface area contributed by atoms with Crippen LogP contribution in [0.25, 0.3) is 0 Å². The summed E-state index contributed by atoms with van der Waals surface area (Å²) in [5.41, 5.74) is 3.55. The van der Waals surface area contributed by atoms with Crippen molar-refractivity contribution in [2.75, 3.05) is 7.05 Å². The van der Waals surface area contributed by atoms with Crippen molar-refractivity contribution in [3.63, 3.8) is 0 Å². The Morgan fingerprint density at radius 3 is 2.75 bits per heavy atom. The smallest absolute Gasteiger partial charge is 0.124 e. The van der Waals surface area contributed by atoms with Crippen LogP contribution in [0.3, 0.4) is 0 Å². The van der Waals surface area contributed by atoms with Gasteiger partial charge in [-0.2, -0.15) is 0 Å². The van der Waals surface area contributed by atoms with E-state index < -0.39 is 0 Å². The first-order valence-electron chi connectivity index (χ1n) is 7.05. The third-order valence-corrected chi connectivity index (χ3v) is 3.44. The molecule has 1 heterocycles. The predicted molar refractivity (Wildman–Crippen MR) is 81.1 cm³/mol. The summed E-state index contributed by atoms with van der Waals surface area (Å²) in [6, 6.07) is 8.39. The minimum atomic E-state index is 0.506. The van der Waals surface area contributed by atoms with Gasteiger partial charge in [-0.25, -0.2) is 0 Å². The quantitative estimate of drug-likeness (QED) is 0.863. The molecular formula is C17H23NO2. The topological polar surface area (TPSA) is 34.4 Å². The van der Waals surface area contributed by atoms with Crippen LogP contribution in [0.5, 0.6) is 5.75 Å². The lowest BCUT2D eigenvalue weighted by atomic mass is 10.0. The van der Waals surface area contributed by atoms with Crippen LogP contribution in [0.2, 0.25) is 0 Å². The summed E-state index contributed by atoms with van der Waals surface area (Å²) in [6.07, 6.45) is 1.71. The van der Waals surface area contributed by atoms with Crippen LogP contribution < -0.4 is 10.1 Å². The zero-order valence-electron chi connectivity index (χ0n) is 12.7. The highest BCUT2D eigenvalue weighted by molar-refractivity contribution is 5.38. The lowest BCUT2D eigenvalue weighted by molar-refractivity contribution is 0.299. The van der Waals surface area contributed by atoms with E-state index in [2.05, 4.69) is 44.3 Å². The van der Waals surface area contributed by atoms with Crippen LogP contribution in [0.1, 0.15) is 42.2 Å². The van der Waals surface area contributed by atoms with Gasteiger partial charge in [0.25, 0.3) is 0 Å². The standard InChI is InChI=1S/C17H23NO2/c1-12(2)14-6-5-13(3)16(9-14)20-11-15-7-8-19-17(15)10-18-4/h5-9,12,18H,10-11H2,1-4H3. The molecule has 1 N–H and O–H groups in total. The number of hydrogen-bond donors (Lipinski definition) is 1. The fraction of sp³-hybridized carbons (Fsp3) is 0.412. The summed E-state index contributed by atoms with van der Waals surface area (Å²) < 4.78 is 11.4. The van der Waals surface area contributed by atoms with Crippen LogP contribution in [0.15, 0.2) is 34.9 Å². The highest BCUT2D eigenvalue weighted by atomic mass is 16.5. The number of furan rings is 1. The largest absolute Gasteiger partial charge is 0.488 e. The Kier molecular flexibility index (Phi) is 4.85. The molecule has 0 aliphatic heterocycles. The third kappa shape index (κ3) is 3.42. The molecule has 0 spiro atoms. The van der Waals surface area contributed by atoms with Crippen molar-refractivity contribution < 1.29 is 9.15 Å². The Balaban J connectivity index is 2.10. The molecule has 1 aromatic heterocycles. The lowest BCUT2D eigenvalue weighted by Gasteiger charge is -2.13. The SMILES string of the molecule is CNCc1occc1COc1cc(C(C)C)ccc1C. The fourth-order valence-electron chi connectivity index (χ4n) is 2.10. The van der Waals surface area contributed by atoms with Crippen molar-refractivity contribution in [1.82, 2.24) is 5.32 Å². The summed E-state index contributed by atoms with van der Waals surface area (Å²) >= 11 is 0. The molecule has 20 heavy (non-hydrogen) atoms. The maximum atomic E-state index is 5.97. The minimum Gasteiger partial charge on any atom is -0.488 e. The average Bonchev–Trinajstić information content (AvgIpc) is 2.85. The van der Waals surface area contributed by atoms with Crippen molar-refractivity contribution in [3.05, 3.63) is 53.0 Å². The summed E-state index contributed by atoms with van der Waals surface area (Å²) in [6.45, 7) is 7.71. The number of ether oxygens (including phenoxy) is 1. The van der Waals surface area contributed by atoms with Gasteiger partial charge in [-0.3, -0.25) is 0 Å². The van der Waals surface area contributed by atoms with E-state index in [4.69, 9.17) is 9.15 Å². The van der Waals surface area contributed by atoms with Gasteiger partial charge in [0.15, 0.2) is 0 Å². The summed E-state index contributed by atoms with van der Waals surface area (Å²) in [7, 11) is 1.91. The zero-order valence-corrected chi connectivity index (χ0v) is 12.7. The molecule has 0 aliphatic carbocycles. The van der Waals surface area contributed by atoms with Crippen LogP contribution >= 0.6 is 0 Å². The first kappa shape index (κ1) is 14.7. The molecular weight excluding hydrogens is 250 g/mol. The molecule has 0 fully saturated rings. The Bertz CT molecular complexity index is 558.